The van der Waals surface area contributed by atoms with Gasteiger partial charge < -0.3 is 15.4 Å². The lowest BCUT2D eigenvalue weighted by Crippen LogP contribution is -2.32. The summed E-state index contributed by atoms with van der Waals surface area (Å²) in [5, 5.41) is 6.61. The van der Waals surface area contributed by atoms with Gasteiger partial charge in [-0.2, -0.15) is 0 Å². The first kappa shape index (κ1) is 18.1. The highest BCUT2D eigenvalue weighted by Crippen LogP contribution is 2.52. The van der Waals surface area contributed by atoms with E-state index in [2.05, 4.69) is 54.8 Å². The van der Waals surface area contributed by atoms with Crippen LogP contribution in [0.1, 0.15) is 55.4 Å². The zero-order chi connectivity index (χ0) is 19.2. The average Bonchev–Trinajstić information content (AvgIpc) is 3.10. The molecule has 0 saturated heterocycles. The van der Waals surface area contributed by atoms with Crippen molar-refractivity contribution in [1.29, 1.82) is 0 Å². The maximum atomic E-state index is 12.5. The second-order valence-electron chi connectivity index (χ2n) is 8.23. The minimum absolute atomic E-state index is 0.0521. The molecule has 0 aromatic heterocycles. The Kier molecular flexibility index (Phi) is 4.47. The lowest BCUT2D eigenvalue weighted by atomic mass is 9.81. The van der Waals surface area contributed by atoms with E-state index < -0.39 is 5.41 Å². The molecule has 0 saturated carbocycles. The van der Waals surface area contributed by atoms with Crippen molar-refractivity contribution in [3.63, 3.8) is 0 Å². The summed E-state index contributed by atoms with van der Waals surface area (Å²) in [4.78, 5) is 12.5. The van der Waals surface area contributed by atoms with Crippen LogP contribution in [0.4, 0.5) is 5.69 Å². The van der Waals surface area contributed by atoms with Gasteiger partial charge in [0.05, 0.1) is 11.1 Å². The van der Waals surface area contributed by atoms with Crippen molar-refractivity contribution >= 4 is 11.6 Å². The largest absolute Gasteiger partial charge is 0.488 e. The van der Waals surface area contributed by atoms with Gasteiger partial charge in [0.15, 0.2) is 0 Å². The molecule has 2 aliphatic rings. The summed E-state index contributed by atoms with van der Waals surface area (Å²) in [5.74, 6) is 1.33. The zero-order valence-electron chi connectivity index (χ0n) is 16.6. The Labute approximate surface area is 161 Å². The summed E-state index contributed by atoms with van der Waals surface area (Å²) >= 11 is 0. The Balaban J connectivity index is 1.59. The molecule has 0 radical (unpaired) electrons. The fourth-order valence-corrected chi connectivity index (χ4v) is 4.42. The van der Waals surface area contributed by atoms with Crippen molar-refractivity contribution in [3.8, 4) is 5.75 Å². The summed E-state index contributed by atoms with van der Waals surface area (Å²) in [6.07, 6.45) is 1.11. The third-order valence-electron chi connectivity index (χ3n) is 6.01. The Morgan fingerprint density at radius 2 is 1.96 bits per heavy atom. The normalized spacial score (nSPS) is 22.1. The van der Waals surface area contributed by atoms with Crippen LogP contribution in [0.3, 0.4) is 0 Å². The molecule has 0 spiro atoms. The molecule has 0 fully saturated rings. The molecule has 4 nitrogen and oxygen atoms in total. The van der Waals surface area contributed by atoms with Gasteiger partial charge in [-0.3, -0.25) is 4.79 Å². The van der Waals surface area contributed by atoms with Crippen molar-refractivity contribution in [3.05, 3.63) is 58.7 Å². The average molecular weight is 364 g/mol. The molecule has 4 heteroatoms. The van der Waals surface area contributed by atoms with Crippen LogP contribution in [0.5, 0.6) is 5.75 Å². The molecule has 2 heterocycles. The van der Waals surface area contributed by atoms with E-state index in [1.807, 2.05) is 19.9 Å². The van der Waals surface area contributed by atoms with Crippen LogP contribution in [0.2, 0.25) is 0 Å². The van der Waals surface area contributed by atoms with Gasteiger partial charge in [-0.25, -0.2) is 0 Å². The third kappa shape index (κ3) is 2.92. The van der Waals surface area contributed by atoms with E-state index in [-0.39, 0.29) is 12.0 Å². The molecule has 2 atom stereocenters. The quantitative estimate of drug-likeness (QED) is 0.833. The molecule has 4 rings (SSSR count). The maximum Gasteiger partial charge on any atom is 0.234 e. The number of rotatable bonds is 5. The molecule has 2 N–H and O–H groups in total. The van der Waals surface area contributed by atoms with Gasteiger partial charge in [0, 0.05) is 30.1 Å². The smallest absolute Gasteiger partial charge is 0.234 e. The number of anilines is 1. The van der Waals surface area contributed by atoms with Crippen molar-refractivity contribution in [2.24, 2.45) is 0 Å². The summed E-state index contributed by atoms with van der Waals surface area (Å²) < 4.78 is 6.48. The molecule has 142 valence electrons. The van der Waals surface area contributed by atoms with Crippen LogP contribution in [0, 0.1) is 6.92 Å². The van der Waals surface area contributed by atoms with Crippen LogP contribution < -0.4 is 15.4 Å². The van der Waals surface area contributed by atoms with Crippen LogP contribution in [0.15, 0.2) is 36.4 Å². The van der Waals surface area contributed by atoms with Crippen molar-refractivity contribution in [1.82, 2.24) is 5.32 Å². The molecule has 1 amide bonds. The second-order valence-corrected chi connectivity index (χ2v) is 8.23. The number of carbonyl (C=O) groups excluding carboxylic acids is 1. The second kappa shape index (κ2) is 6.68. The molecular formula is C23H28N2O2. The Morgan fingerprint density at radius 1 is 1.22 bits per heavy atom. The minimum Gasteiger partial charge on any atom is -0.488 e. The van der Waals surface area contributed by atoms with Crippen molar-refractivity contribution < 1.29 is 9.53 Å². The monoisotopic (exact) mass is 364 g/mol. The number of nitrogens with one attached hydrogen (secondary N) is 2. The number of benzene rings is 2. The highest BCUT2D eigenvalue weighted by molar-refractivity contribution is 6.07. The fraction of sp³-hybridized carbons (Fsp3) is 0.435. The third-order valence-corrected chi connectivity index (χ3v) is 6.01. The topological polar surface area (TPSA) is 50.4 Å². The fourth-order valence-electron chi connectivity index (χ4n) is 4.42. The summed E-state index contributed by atoms with van der Waals surface area (Å²) in [6, 6.07) is 12.6. The molecule has 2 aromatic rings. The highest BCUT2D eigenvalue weighted by Gasteiger charge is 2.46. The zero-order valence-corrected chi connectivity index (χ0v) is 16.6. The summed E-state index contributed by atoms with van der Waals surface area (Å²) in [6.45, 7) is 9.88. The van der Waals surface area contributed by atoms with Crippen LogP contribution in [-0.2, 0) is 16.8 Å². The Hall–Kier alpha value is -2.33. The number of ether oxygens (including phenoxy) is 1. The van der Waals surface area contributed by atoms with Crippen molar-refractivity contribution in [2.75, 3.05) is 11.9 Å². The number of carbonyl (C=O) groups is 1. The Morgan fingerprint density at radius 3 is 2.67 bits per heavy atom. The number of fused-ring (bicyclic) bond motifs is 3. The van der Waals surface area contributed by atoms with Gasteiger partial charge >= 0.3 is 0 Å². The van der Waals surface area contributed by atoms with Gasteiger partial charge in [-0.1, -0.05) is 37.3 Å². The lowest BCUT2D eigenvalue weighted by molar-refractivity contribution is -0.119. The molecule has 2 aromatic carbocycles. The molecule has 2 unspecified atom stereocenters. The molecule has 2 aliphatic heterocycles. The minimum atomic E-state index is -0.559. The molecule has 0 aliphatic carbocycles. The maximum absolute atomic E-state index is 12.5. The summed E-state index contributed by atoms with van der Waals surface area (Å²) in [5.41, 5.74) is 5.07. The van der Waals surface area contributed by atoms with Gasteiger partial charge in [0.2, 0.25) is 5.91 Å². The first-order chi connectivity index (χ1) is 12.9. The van der Waals surface area contributed by atoms with Gasteiger partial charge in [0.25, 0.3) is 0 Å². The number of aryl methyl sites for hydroxylation is 1. The van der Waals surface area contributed by atoms with Gasteiger partial charge in [-0.15, -0.1) is 0 Å². The molecule has 27 heavy (non-hydrogen) atoms. The predicted molar refractivity (Wildman–Crippen MR) is 108 cm³/mol. The van der Waals surface area contributed by atoms with E-state index in [1.165, 1.54) is 11.1 Å². The van der Waals surface area contributed by atoms with E-state index in [4.69, 9.17) is 4.74 Å². The van der Waals surface area contributed by atoms with E-state index in [1.54, 1.807) is 0 Å². The number of hydrogen-bond donors (Lipinski definition) is 2. The predicted octanol–water partition coefficient (Wildman–Crippen LogP) is 4.27. The number of hydrogen-bond acceptors (Lipinski definition) is 3. The van der Waals surface area contributed by atoms with E-state index in [9.17, 15) is 4.79 Å². The first-order valence-electron chi connectivity index (χ1n) is 9.84. The standard InChI is InChI=1S/C23H28N2O2/c1-5-16-17-11-14(2)20-19(23(3,4)22(26)25-20)21(17)27-18(16)13-24-12-15-9-7-6-8-10-15/h6-11,16,18,24H,5,12-13H2,1-4H3,(H,25,26). The van der Waals surface area contributed by atoms with Crippen molar-refractivity contribution in [2.45, 2.75) is 58.1 Å². The Bertz CT molecular complexity index is 874. The molecule has 0 bridgehead atoms. The van der Waals surface area contributed by atoms with Gasteiger partial charge in [0.1, 0.15) is 11.9 Å². The lowest BCUT2D eigenvalue weighted by Gasteiger charge is -2.20. The van der Waals surface area contributed by atoms with E-state index in [0.717, 1.165) is 42.1 Å². The van der Waals surface area contributed by atoms with Gasteiger partial charge in [-0.05, 0) is 44.4 Å². The number of amides is 1. The molecular weight excluding hydrogens is 336 g/mol. The van der Waals surface area contributed by atoms with Crippen LogP contribution >= 0.6 is 0 Å². The van der Waals surface area contributed by atoms with Crippen LogP contribution in [-0.4, -0.2) is 18.6 Å². The summed E-state index contributed by atoms with van der Waals surface area (Å²) in [7, 11) is 0. The van der Waals surface area contributed by atoms with E-state index >= 15 is 0 Å². The van der Waals surface area contributed by atoms with E-state index in [0.29, 0.717) is 5.92 Å². The highest BCUT2D eigenvalue weighted by atomic mass is 16.5. The first-order valence-corrected chi connectivity index (χ1v) is 9.84. The SMILES string of the molecule is CCC1c2cc(C)c3c(c2OC1CNCc1ccccc1)C(C)(C)C(=O)N3. The van der Waals surface area contributed by atoms with Crippen LogP contribution in [0.25, 0.3) is 0 Å².